The highest BCUT2D eigenvalue weighted by atomic mass is 32.2. The quantitative estimate of drug-likeness (QED) is 0.736. The Labute approximate surface area is 111 Å². The largest absolute Gasteiger partial charge is 0.317 e. The zero-order valence-corrected chi connectivity index (χ0v) is 12.3. The van der Waals surface area contributed by atoms with Crippen molar-refractivity contribution in [2.45, 2.75) is 63.1 Å². The molecule has 0 saturated carbocycles. The molecule has 0 aromatic heterocycles. The van der Waals surface area contributed by atoms with Crippen LogP contribution in [-0.2, 0) is 0 Å². The molecule has 3 heteroatoms. The van der Waals surface area contributed by atoms with Crippen LogP contribution >= 0.6 is 11.8 Å². The van der Waals surface area contributed by atoms with Crippen molar-refractivity contribution in [2.24, 2.45) is 0 Å². The number of hydrogen-bond donors (Lipinski definition) is 1. The third-order valence-corrected chi connectivity index (χ3v) is 5.25. The first-order valence-electron chi connectivity index (χ1n) is 7.27. The fraction of sp³-hybridized carbons (Fsp3) is 1.00. The van der Waals surface area contributed by atoms with Crippen LogP contribution in [-0.4, -0.2) is 48.6 Å². The second-order valence-corrected chi connectivity index (χ2v) is 6.62. The minimum Gasteiger partial charge on any atom is -0.317 e. The van der Waals surface area contributed by atoms with Gasteiger partial charge in [0, 0.05) is 18.1 Å². The van der Waals surface area contributed by atoms with Crippen molar-refractivity contribution in [1.29, 1.82) is 0 Å². The van der Waals surface area contributed by atoms with Crippen molar-refractivity contribution >= 4 is 11.8 Å². The van der Waals surface area contributed by atoms with E-state index in [0.717, 1.165) is 18.1 Å². The Balaban J connectivity index is 1.80. The smallest absolute Gasteiger partial charge is 0.0113 e. The molecule has 0 aliphatic carbocycles. The lowest BCUT2D eigenvalue weighted by molar-refractivity contribution is 0.0251. The molecular formula is C14H28N2S. The molecule has 0 spiro atoms. The van der Waals surface area contributed by atoms with E-state index in [1.807, 2.05) is 11.8 Å². The van der Waals surface area contributed by atoms with Crippen LogP contribution in [0.1, 0.15) is 44.9 Å². The molecule has 2 unspecified atom stereocenters. The minimum atomic E-state index is 0.785. The van der Waals surface area contributed by atoms with Gasteiger partial charge in [-0.1, -0.05) is 6.42 Å². The monoisotopic (exact) mass is 256 g/mol. The second kappa shape index (κ2) is 7.01. The van der Waals surface area contributed by atoms with Crippen LogP contribution < -0.4 is 5.32 Å². The highest BCUT2D eigenvalue weighted by Gasteiger charge is 2.36. The Kier molecular flexibility index (Phi) is 5.64. The Morgan fingerprint density at radius 3 is 2.47 bits per heavy atom. The molecule has 0 aromatic carbocycles. The number of nitrogens with zero attached hydrogens (tertiary/aromatic N) is 1. The van der Waals surface area contributed by atoms with Gasteiger partial charge in [0.15, 0.2) is 0 Å². The van der Waals surface area contributed by atoms with Gasteiger partial charge in [0.2, 0.25) is 0 Å². The average Bonchev–Trinajstić information content (AvgIpc) is 2.34. The number of fused-ring (bicyclic) bond motifs is 2. The van der Waals surface area contributed by atoms with E-state index < -0.39 is 0 Å². The Hall–Kier alpha value is 0.270. The maximum Gasteiger partial charge on any atom is 0.0113 e. The lowest BCUT2D eigenvalue weighted by atomic mass is 9.81. The van der Waals surface area contributed by atoms with Gasteiger partial charge >= 0.3 is 0 Å². The topological polar surface area (TPSA) is 15.3 Å². The van der Waals surface area contributed by atoms with Crippen molar-refractivity contribution in [3.8, 4) is 0 Å². The third-order valence-electron chi connectivity index (χ3n) is 4.55. The third kappa shape index (κ3) is 3.62. The van der Waals surface area contributed by atoms with Crippen LogP contribution in [0.5, 0.6) is 0 Å². The number of thioether (sulfide) groups is 1. The van der Waals surface area contributed by atoms with Gasteiger partial charge in [-0.3, -0.25) is 4.90 Å². The molecule has 2 atom stereocenters. The molecule has 2 aliphatic heterocycles. The molecule has 2 bridgehead atoms. The molecular weight excluding hydrogens is 228 g/mol. The molecule has 1 N–H and O–H groups in total. The summed E-state index contributed by atoms with van der Waals surface area (Å²) in [5.74, 6) is 1.34. The van der Waals surface area contributed by atoms with Crippen LogP contribution in [0, 0.1) is 0 Å². The number of unbranched alkanes of at least 4 members (excludes halogenated alkanes) is 1. The van der Waals surface area contributed by atoms with Crippen LogP contribution in [0.4, 0.5) is 0 Å². The maximum atomic E-state index is 3.50. The van der Waals surface area contributed by atoms with Gasteiger partial charge in [0.1, 0.15) is 0 Å². The van der Waals surface area contributed by atoms with Gasteiger partial charge in [-0.25, -0.2) is 0 Å². The molecule has 2 heterocycles. The number of hydrogen-bond acceptors (Lipinski definition) is 3. The van der Waals surface area contributed by atoms with Crippen molar-refractivity contribution in [2.75, 3.05) is 25.6 Å². The second-order valence-electron chi connectivity index (χ2n) is 5.63. The first-order chi connectivity index (χ1) is 8.35. The summed E-state index contributed by atoms with van der Waals surface area (Å²) in [5, 5.41) is 3.50. The van der Waals surface area contributed by atoms with E-state index in [2.05, 4.69) is 23.5 Å². The van der Waals surface area contributed by atoms with Crippen LogP contribution in [0.2, 0.25) is 0 Å². The molecule has 100 valence electrons. The minimum absolute atomic E-state index is 0.785. The van der Waals surface area contributed by atoms with Gasteiger partial charge in [-0.05, 0) is 64.1 Å². The van der Waals surface area contributed by atoms with E-state index in [4.69, 9.17) is 0 Å². The Bertz CT molecular complexity index is 208. The van der Waals surface area contributed by atoms with Crippen molar-refractivity contribution in [3.63, 3.8) is 0 Å². The van der Waals surface area contributed by atoms with Gasteiger partial charge in [-0.15, -0.1) is 0 Å². The average molecular weight is 256 g/mol. The molecule has 2 saturated heterocycles. The maximum absolute atomic E-state index is 3.50. The Morgan fingerprint density at radius 1 is 1.18 bits per heavy atom. The molecule has 2 fully saturated rings. The zero-order chi connectivity index (χ0) is 12.1. The summed E-state index contributed by atoms with van der Waals surface area (Å²) in [6.45, 7) is 1.35. The van der Waals surface area contributed by atoms with Crippen LogP contribution in [0.25, 0.3) is 0 Å². The first kappa shape index (κ1) is 13.7. The summed E-state index contributed by atoms with van der Waals surface area (Å²) >= 11 is 1.99. The summed E-state index contributed by atoms with van der Waals surface area (Å²) in [4.78, 5) is 2.84. The summed E-state index contributed by atoms with van der Waals surface area (Å²) in [5.41, 5.74) is 0. The van der Waals surface area contributed by atoms with Crippen molar-refractivity contribution in [1.82, 2.24) is 10.2 Å². The standard InChI is InChI=1S/C14H28N2S/c1-15-12-10-13-6-5-7-14(11-12)16(13)8-3-4-9-17-2/h12-15H,3-11H2,1-2H3. The predicted octanol–water partition coefficient (Wildman–Crippen LogP) is 2.73. The van der Waals surface area contributed by atoms with E-state index in [1.54, 1.807) is 0 Å². The summed E-state index contributed by atoms with van der Waals surface area (Å²) in [7, 11) is 2.13. The summed E-state index contributed by atoms with van der Waals surface area (Å²) < 4.78 is 0. The molecule has 17 heavy (non-hydrogen) atoms. The van der Waals surface area contributed by atoms with Crippen LogP contribution in [0.3, 0.4) is 0 Å². The lowest BCUT2D eigenvalue weighted by Crippen LogP contribution is -2.55. The van der Waals surface area contributed by atoms with Crippen molar-refractivity contribution < 1.29 is 0 Å². The SMILES string of the molecule is CNC1CC2CCCC(C1)N2CCCCSC. The molecule has 2 aliphatic rings. The highest BCUT2D eigenvalue weighted by molar-refractivity contribution is 7.98. The molecule has 0 amide bonds. The fourth-order valence-corrected chi connectivity index (χ4v) is 4.11. The normalized spacial score (nSPS) is 33.9. The van der Waals surface area contributed by atoms with E-state index >= 15 is 0 Å². The van der Waals surface area contributed by atoms with Crippen molar-refractivity contribution in [3.05, 3.63) is 0 Å². The molecule has 2 nitrogen and oxygen atoms in total. The lowest BCUT2D eigenvalue weighted by Gasteiger charge is -2.49. The summed E-state index contributed by atoms with van der Waals surface area (Å²) in [6, 6.07) is 2.55. The number of nitrogens with one attached hydrogen (secondary N) is 1. The van der Waals surface area contributed by atoms with E-state index in [0.29, 0.717) is 0 Å². The number of rotatable bonds is 6. The first-order valence-corrected chi connectivity index (χ1v) is 8.66. The van der Waals surface area contributed by atoms with Gasteiger partial charge < -0.3 is 5.32 Å². The van der Waals surface area contributed by atoms with Gasteiger partial charge in [-0.2, -0.15) is 11.8 Å². The van der Waals surface area contributed by atoms with E-state index in [-0.39, 0.29) is 0 Å². The van der Waals surface area contributed by atoms with E-state index in [1.165, 1.54) is 57.2 Å². The number of piperidine rings is 2. The molecule has 0 radical (unpaired) electrons. The van der Waals surface area contributed by atoms with Crippen LogP contribution in [0.15, 0.2) is 0 Å². The van der Waals surface area contributed by atoms with Gasteiger partial charge in [0.25, 0.3) is 0 Å². The Morgan fingerprint density at radius 2 is 1.88 bits per heavy atom. The predicted molar refractivity (Wildman–Crippen MR) is 77.8 cm³/mol. The molecule has 2 rings (SSSR count). The summed E-state index contributed by atoms with van der Waals surface area (Å²) in [6.07, 6.45) is 12.1. The zero-order valence-electron chi connectivity index (χ0n) is 11.5. The highest BCUT2D eigenvalue weighted by Crippen LogP contribution is 2.34. The van der Waals surface area contributed by atoms with E-state index in [9.17, 15) is 0 Å². The molecule has 0 aromatic rings. The fourth-order valence-electron chi connectivity index (χ4n) is 3.62. The van der Waals surface area contributed by atoms with Gasteiger partial charge in [0.05, 0.1) is 0 Å².